The molecule has 0 atom stereocenters. The normalized spacial score (nSPS) is 11.1. The zero-order valence-electron chi connectivity index (χ0n) is 15.4. The zero-order chi connectivity index (χ0) is 19.8. The van der Waals surface area contributed by atoms with Gasteiger partial charge in [-0.3, -0.25) is 4.79 Å². The fourth-order valence-corrected chi connectivity index (χ4v) is 3.79. The van der Waals surface area contributed by atoms with Gasteiger partial charge in [0, 0.05) is 13.1 Å². The van der Waals surface area contributed by atoms with Crippen molar-refractivity contribution >= 4 is 15.9 Å². The van der Waals surface area contributed by atoms with Crippen molar-refractivity contribution in [2.75, 3.05) is 6.54 Å². The number of benzene rings is 3. The first-order valence-electron chi connectivity index (χ1n) is 8.95. The lowest BCUT2D eigenvalue weighted by Crippen LogP contribution is -2.39. The topological polar surface area (TPSA) is 66.5 Å². The van der Waals surface area contributed by atoms with Crippen LogP contribution in [0, 0.1) is 0 Å². The average Bonchev–Trinajstić information content (AvgIpc) is 2.74. The lowest BCUT2D eigenvalue weighted by molar-refractivity contribution is -0.131. The highest BCUT2D eigenvalue weighted by atomic mass is 32.2. The molecule has 0 spiro atoms. The molecule has 0 saturated carbocycles. The van der Waals surface area contributed by atoms with E-state index >= 15 is 0 Å². The van der Waals surface area contributed by atoms with E-state index in [9.17, 15) is 13.2 Å². The van der Waals surface area contributed by atoms with Crippen molar-refractivity contribution in [2.45, 2.75) is 18.0 Å². The SMILES string of the molecule is O=C(CNS(=O)(=O)c1ccccc1)N(Cc1ccccc1)Cc1ccccc1. The lowest BCUT2D eigenvalue weighted by Gasteiger charge is -2.23. The van der Waals surface area contributed by atoms with Crippen LogP contribution in [0.15, 0.2) is 95.9 Å². The summed E-state index contributed by atoms with van der Waals surface area (Å²) < 4.78 is 27.2. The molecule has 0 unspecified atom stereocenters. The Balaban J connectivity index is 1.72. The summed E-state index contributed by atoms with van der Waals surface area (Å²) >= 11 is 0. The van der Waals surface area contributed by atoms with Crippen LogP contribution in [-0.4, -0.2) is 25.8 Å². The molecule has 3 rings (SSSR count). The molecule has 0 saturated heterocycles. The Bertz CT molecular complexity index is 950. The summed E-state index contributed by atoms with van der Waals surface area (Å²) in [5.74, 6) is -0.285. The number of carbonyl (C=O) groups excluding carboxylic acids is 1. The van der Waals surface area contributed by atoms with E-state index in [4.69, 9.17) is 0 Å². The van der Waals surface area contributed by atoms with Gasteiger partial charge in [0.15, 0.2) is 0 Å². The Kier molecular flexibility index (Phi) is 6.57. The van der Waals surface area contributed by atoms with E-state index < -0.39 is 10.0 Å². The highest BCUT2D eigenvalue weighted by Gasteiger charge is 2.19. The third-order valence-corrected chi connectivity index (χ3v) is 5.67. The van der Waals surface area contributed by atoms with Crippen LogP contribution in [0.3, 0.4) is 0 Å². The van der Waals surface area contributed by atoms with Crippen molar-refractivity contribution in [3.63, 3.8) is 0 Å². The molecule has 0 bridgehead atoms. The van der Waals surface area contributed by atoms with Crippen LogP contribution >= 0.6 is 0 Å². The van der Waals surface area contributed by atoms with Gasteiger partial charge in [0.05, 0.1) is 11.4 Å². The molecule has 0 aliphatic heterocycles. The third kappa shape index (κ3) is 5.52. The molecule has 144 valence electrons. The lowest BCUT2D eigenvalue weighted by atomic mass is 10.1. The first-order valence-corrected chi connectivity index (χ1v) is 10.4. The molecule has 3 aromatic rings. The Morgan fingerprint density at radius 1 is 0.714 bits per heavy atom. The maximum atomic E-state index is 12.8. The fourth-order valence-electron chi connectivity index (χ4n) is 2.79. The van der Waals surface area contributed by atoms with Crippen molar-refractivity contribution < 1.29 is 13.2 Å². The van der Waals surface area contributed by atoms with Crippen LogP contribution in [0.1, 0.15) is 11.1 Å². The first-order chi connectivity index (χ1) is 13.5. The van der Waals surface area contributed by atoms with Gasteiger partial charge in [-0.05, 0) is 23.3 Å². The van der Waals surface area contributed by atoms with E-state index in [1.165, 1.54) is 12.1 Å². The van der Waals surface area contributed by atoms with Crippen molar-refractivity contribution in [1.82, 2.24) is 9.62 Å². The molecule has 0 heterocycles. The first kappa shape index (κ1) is 19.8. The van der Waals surface area contributed by atoms with E-state index in [1.807, 2.05) is 60.7 Å². The molecule has 0 radical (unpaired) electrons. The molecule has 28 heavy (non-hydrogen) atoms. The Labute approximate surface area is 165 Å². The molecule has 3 aromatic carbocycles. The maximum absolute atomic E-state index is 12.8. The van der Waals surface area contributed by atoms with E-state index in [1.54, 1.807) is 23.1 Å². The Morgan fingerprint density at radius 3 is 1.61 bits per heavy atom. The fraction of sp³-hybridized carbons (Fsp3) is 0.136. The summed E-state index contributed by atoms with van der Waals surface area (Å²) in [5, 5.41) is 0. The number of amides is 1. The Hall–Kier alpha value is -2.96. The summed E-state index contributed by atoms with van der Waals surface area (Å²) in [7, 11) is -3.73. The second-order valence-electron chi connectivity index (χ2n) is 6.36. The van der Waals surface area contributed by atoms with Gasteiger partial charge in [-0.2, -0.15) is 0 Å². The van der Waals surface area contributed by atoms with Gasteiger partial charge in [0.1, 0.15) is 0 Å². The molecular formula is C22H22N2O3S. The number of hydrogen-bond acceptors (Lipinski definition) is 3. The number of sulfonamides is 1. The molecule has 1 N–H and O–H groups in total. The van der Waals surface area contributed by atoms with Gasteiger partial charge in [0.25, 0.3) is 0 Å². The number of nitrogens with zero attached hydrogens (tertiary/aromatic N) is 1. The van der Waals surface area contributed by atoms with Crippen LogP contribution in [0.4, 0.5) is 0 Å². The number of nitrogens with one attached hydrogen (secondary N) is 1. The van der Waals surface area contributed by atoms with Crippen LogP contribution in [0.2, 0.25) is 0 Å². The van der Waals surface area contributed by atoms with E-state index in [0.29, 0.717) is 13.1 Å². The van der Waals surface area contributed by atoms with Gasteiger partial charge < -0.3 is 4.90 Å². The summed E-state index contributed by atoms with van der Waals surface area (Å²) in [6.45, 7) is 0.514. The molecule has 0 aliphatic rings. The van der Waals surface area contributed by atoms with Gasteiger partial charge in [-0.15, -0.1) is 0 Å². The molecule has 1 amide bonds. The molecule has 0 aliphatic carbocycles. The maximum Gasteiger partial charge on any atom is 0.241 e. The highest BCUT2D eigenvalue weighted by Crippen LogP contribution is 2.11. The summed E-state index contributed by atoms with van der Waals surface area (Å²) in [5.41, 5.74) is 1.97. The number of hydrogen-bond donors (Lipinski definition) is 1. The number of rotatable bonds is 8. The van der Waals surface area contributed by atoms with Crippen molar-refractivity contribution in [1.29, 1.82) is 0 Å². The van der Waals surface area contributed by atoms with Gasteiger partial charge in [0.2, 0.25) is 15.9 Å². The van der Waals surface area contributed by atoms with E-state index in [-0.39, 0.29) is 17.3 Å². The quantitative estimate of drug-likeness (QED) is 0.638. The molecule has 0 fully saturated rings. The van der Waals surface area contributed by atoms with Crippen LogP contribution in [0.5, 0.6) is 0 Å². The second kappa shape index (κ2) is 9.30. The minimum Gasteiger partial charge on any atom is -0.333 e. The largest absolute Gasteiger partial charge is 0.333 e. The second-order valence-corrected chi connectivity index (χ2v) is 8.13. The number of carbonyl (C=O) groups is 1. The third-order valence-electron chi connectivity index (χ3n) is 4.25. The minimum atomic E-state index is -3.73. The molecule has 6 heteroatoms. The van der Waals surface area contributed by atoms with Gasteiger partial charge >= 0.3 is 0 Å². The van der Waals surface area contributed by atoms with Gasteiger partial charge in [-0.1, -0.05) is 78.9 Å². The summed E-state index contributed by atoms with van der Waals surface area (Å²) in [4.78, 5) is 14.6. The van der Waals surface area contributed by atoms with Crippen LogP contribution in [0.25, 0.3) is 0 Å². The van der Waals surface area contributed by atoms with Crippen molar-refractivity contribution in [2.24, 2.45) is 0 Å². The standard InChI is InChI=1S/C22H22N2O3S/c25-22(16-23-28(26,27)21-14-8-3-9-15-21)24(17-19-10-4-1-5-11-19)18-20-12-6-2-7-13-20/h1-15,23H,16-18H2. The smallest absolute Gasteiger partial charge is 0.241 e. The van der Waals surface area contributed by atoms with Crippen LogP contribution < -0.4 is 4.72 Å². The van der Waals surface area contributed by atoms with E-state index in [0.717, 1.165) is 11.1 Å². The monoisotopic (exact) mass is 394 g/mol. The molecule has 5 nitrogen and oxygen atoms in total. The van der Waals surface area contributed by atoms with Crippen LogP contribution in [-0.2, 0) is 27.9 Å². The predicted molar refractivity (Wildman–Crippen MR) is 109 cm³/mol. The van der Waals surface area contributed by atoms with Crippen molar-refractivity contribution in [3.8, 4) is 0 Å². The molecular weight excluding hydrogens is 372 g/mol. The van der Waals surface area contributed by atoms with Gasteiger partial charge in [-0.25, -0.2) is 13.1 Å². The predicted octanol–water partition coefficient (Wildman–Crippen LogP) is 3.19. The minimum absolute atomic E-state index is 0.139. The van der Waals surface area contributed by atoms with E-state index in [2.05, 4.69) is 4.72 Å². The average molecular weight is 394 g/mol. The summed E-state index contributed by atoms with van der Waals surface area (Å²) in [6.07, 6.45) is 0. The molecule has 0 aromatic heterocycles. The zero-order valence-corrected chi connectivity index (χ0v) is 16.2. The Morgan fingerprint density at radius 2 is 1.14 bits per heavy atom. The summed E-state index contributed by atoms with van der Waals surface area (Å²) in [6, 6.07) is 27.3. The highest BCUT2D eigenvalue weighted by molar-refractivity contribution is 7.89. The van der Waals surface area contributed by atoms with Crippen molar-refractivity contribution in [3.05, 3.63) is 102 Å².